The summed E-state index contributed by atoms with van der Waals surface area (Å²) in [5, 5.41) is 9.01. The average Bonchev–Trinajstić information content (AvgIpc) is 3.20. The highest BCUT2D eigenvalue weighted by atomic mass is 35.5. The summed E-state index contributed by atoms with van der Waals surface area (Å²) in [5.41, 5.74) is 0.919. The number of carbonyl (C=O) groups is 2. The molecule has 3 rings (SSSR count). The van der Waals surface area contributed by atoms with Crippen molar-refractivity contribution in [1.82, 2.24) is 14.9 Å². The van der Waals surface area contributed by atoms with E-state index in [1.807, 2.05) is 39.0 Å². The third kappa shape index (κ3) is 5.19. The molecule has 0 radical (unpaired) electrons. The summed E-state index contributed by atoms with van der Waals surface area (Å²) >= 11 is 7.13. The van der Waals surface area contributed by atoms with Crippen LogP contribution >= 0.6 is 23.1 Å². The van der Waals surface area contributed by atoms with Crippen molar-refractivity contribution in [3.8, 4) is 0 Å². The smallest absolute Gasteiger partial charge is 0.280 e. The SMILES string of the molecule is CC(C)(C)NC(=O)[C@@H](c1ccc(Cl)cc1)N(C(=O)c1csnn1)c1ccccc1. The van der Waals surface area contributed by atoms with E-state index in [0.717, 1.165) is 11.5 Å². The Bertz CT molecular complexity index is 970. The van der Waals surface area contributed by atoms with Crippen LogP contribution < -0.4 is 10.2 Å². The fraction of sp³-hybridized carbons (Fsp3) is 0.238. The Labute approximate surface area is 178 Å². The lowest BCUT2D eigenvalue weighted by Gasteiger charge is -2.33. The Hall–Kier alpha value is -2.77. The van der Waals surface area contributed by atoms with Crippen LogP contribution in [0.15, 0.2) is 60.0 Å². The second kappa shape index (κ2) is 8.71. The zero-order valence-electron chi connectivity index (χ0n) is 16.3. The van der Waals surface area contributed by atoms with Crippen molar-refractivity contribution >= 4 is 40.6 Å². The van der Waals surface area contributed by atoms with Gasteiger partial charge in [0.2, 0.25) is 5.91 Å². The van der Waals surface area contributed by atoms with Gasteiger partial charge in [-0.25, -0.2) is 0 Å². The summed E-state index contributed by atoms with van der Waals surface area (Å²) in [4.78, 5) is 28.2. The number of nitrogens with one attached hydrogen (secondary N) is 1. The summed E-state index contributed by atoms with van der Waals surface area (Å²) in [7, 11) is 0. The van der Waals surface area contributed by atoms with Crippen molar-refractivity contribution < 1.29 is 9.59 Å². The highest BCUT2D eigenvalue weighted by molar-refractivity contribution is 7.03. The van der Waals surface area contributed by atoms with Crippen molar-refractivity contribution in [2.75, 3.05) is 4.90 Å². The molecule has 0 aliphatic heterocycles. The Morgan fingerprint density at radius 2 is 1.72 bits per heavy atom. The van der Waals surface area contributed by atoms with Crippen LogP contribution in [0.5, 0.6) is 0 Å². The van der Waals surface area contributed by atoms with E-state index in [1.165, 1.54) is 4.90 Å². The van der Waals surface area contributed by atoms with Gasteiger partial charge in [-0.3, -0.25) is 14.5 Å². The average molecular weight is 429 g/mol. The topological polar surface area (TPSA) is 75.2 Å². The summed E-state index contributed by atoms with van der Waals surface area (Å²) in [6.45, 7) is 5.68. The monoisotopic (exact) mass is 428 g/mol. The van der Waals surface area contributed by atoms with Gasteiger partial charge in [0.1, 0.15) is 6.04 Å². The first-order valence-electron chi connectivity index (χ1n) is 8.99. The van der Waals surface area contributed by atoms with Gasteiger partial charge in [0.25, 0.3) is 5.91 Å². The van der Waals surface area contributed by atoms with Crippen LogP contribution in [-0.2, 0) is 4.79 Å². The van der Waals surface area contributed by atoms with Crippen molar-refractivity contribution in [2.24, 2.45) is 0 Å². The van der Waals surface area contributed by atoms with Crippen LogP contribution in [0.4, 0.5) is 5.69 Å². The molecule has 0 spiro atoms. The molecular weight excluding hydrogens is 408 g/mol. The first-order valence-corrected chi connectivity index (χ1v) is 10.2. The zero-order chi connectivity index (χ0) is 21.0. The number of amides is 2. The van der Waals surface area contributed by atoms with Crippen LogP contribution in [-0.4, -0.2) is 26.9 Å². The van der Waals surface area contributed by atoms with Crippen LogP contribution in [0.25, 0.3) is 0 Å². The standard InChI is InChI=1S/C21H21ClN4O2S/c1-21(2,3)23-19(27)18(14-9-11-15(22)12-10-14)26(16-7-5-4-6-8-16)20(28)17-13-29-25-24-17/h4-13,18H,1-3H3,(H,23,27)/t18-/m1/s1. The van der Waals surface area contributed by atoms with Gasteiger partial charge in [0.05, 0.1) is 0 Å². The van der Waals surface area contributed by atoms with E-state index in [1.54, 1.807) is 41.8 Å². The molecule has 1 aromatic heterocycles. The Morgan fingerprint density at radius 3 is 2.28 bits per heavy atom. The fourth-order valence-electron chi connectivity index (χ4n) is 2.85. The highest BCUT2D eigenvalue weighted by Crippen LogP contribution is 2.30. The summed E-state index contributed by atoms with van der Waals surface area (Å²) in [6, 6.07) is 15.0. The number of anilines is 1. The minimum atomic E-state index is -0.914. The molecule has 0 bridgehead atoms. The van der Waals surface area contributed by atoms with E-state index in [2.05, 4.69) is 14.9 Å². The molecule has 6 nitrogen and oxygen atoms in total. The number of aromatic nitrogens is 2. The summed E-state index contributed by atoms with van der Waals surface area (Å²) < 4.78 is 3.79. The second-order valence-electron chi connectivity index (χ2n) is 7.49. The maximum absolute atomic E-state index is 13.4. The van der Waals surface area contributed by atoms with Crippen molar-refractivity contribution in [2.45, 2.75) is 32.4 Å². The molecule has 1 atom stereocenters. The Morgan fingerprint density at radius 1 is 1.07 bits per heavy atom. The van der Waals surface area contributed by atoms with Gasteiger partial charge >= 0.3 is 0 Å². The van der Waals surface area contributed by atoms with E-state index in [-0.39, 0.29) is 11.6 Å². The molecule has 0 saturated heterocycles. The predicted molar refractivity (Wildman–Crippen MR) is 115 cm³/mol. The minimum Gasteiger partial charge on any atom is -0.349 e. The van der Waals surface area contributed by atoms with Crippen LogP contribution in [0.3, 0.4) is 0 Å². The number of carbonyl (C=O) groups excluding carboxylic acids is 2. The van der Waals surface area contributed by atoms with Gasteiger partial charge in [-0.05, 0) is 62.1 Å². The van der Waals surface area contributed by atoms with Gasteiger partial charge in [-0.15, -0.1) is 5.10 Å². The lowest BCUT2D eigenvalue weighted by molar-refractivity contribution is -0.123. The Balaban J connectivity index is 2.15. The molecule has 1 heterocycles. The van der Waals surface area contributed by atoms with Crippen molar-refractivity contribution in [3.05, 3.63) is 76.3 Å². The van der Waals surface area contributed by atoms with Crippen molar-refractivity contribution in [1.29, 1.82) is 0 Å². The maximum Gasteiger partial charge on any atom is 0.280 e. The van der Waals surface area contributed by atoms with E-state index in [0.29, 0.717) is 16.3 Å². The van der Waals surface area contributed by atoms with Gasteiger partial charge in [0, 0.05) is 21.6 Å². The van der Waals surface area contributed by atoms with E-state index < -0.39 is 17.5 Å². The van der Waals surface area contributed by atoms with Crippen LogP contribution in [0.1, 0.15) is 42.9 Å². The van der Waals surface area contributed by atoms with E-state index in [4.69, 9.17) is 11.6 Å². The van der Waals surface area contributed by atoms with Gasteiger partial charge in [-0.1, -0.05) is 46.4 Å². The molecule has 29 heavy (non-hydrogen) atoms. The maximum atomic E-state index is 13.4. The van der Waals surface area contributed by atoms with Crippen LogP contribution in [0, 0.1) is 0 Å². The fourth-order valence-corrected chi connectivity index (χ4v) is 3.41. The predicted octanol–water partition coefficient (Wildman–Crippen LogP) is 4.49. The first-order chi connectivity index (χ1) is 13.8. The number of benzene rings is 2. The molecule has 0 unspecified atom stereocenters. The van der Waals surface area contributed by atoms with Gasteiger partial charge in [0.15, 0.2) is 5.69 Å². The number of rotatable bonds is 5. The van der Waals surface area contributed by atoms with E-state index in [9.17, 15) is 9.59 Å². The molecule has 2 aromatic carbocycles. The normalized spacial score (nSPS) is 12.3. The molecule has 0 aliphatic rings. The summed E-state index contributed by atoms with van der Waals surface area (Å²) in [6.07, 6.45) is 0. The number of hydrogen-bond donors (Lipinski definition) is 1. The third-order valence-corrected chi connectivity index (χ3v) is 4.78. The molecule has 0 aliphatic carbocycles. The van der Waals surface area contributed by atoms with Gasteiger partial charge in [-0.2, -0.15) is 0 Å². The number of hydrogen-bond acceptors (Lipinski definition) is 5. The molecule has 0 saturated carbocycles. The molecule has 0 fully saturated rings. The summed E-state index contributed by atoms with van der Waals surface area (Å²) in [5.74, 6) is -0.714. The molecule has 2 amide bonds. The van der Waals surface area contributed by atoms with Crippen LogP contribution in [0.2, 0.25) is 5.02 Å². The largest absolute Gasteiger partial charge is 0.349 e. The minimum absolute atomic E-state index is 0.182. The number of halogens is 1. The van der Waals surface area contributed by atoms with Gasteiger partial charge < -0.3 is 5.32 Å². The lowest BCUT2D eigenvalue weighted by atomic mass is 10.0. The zero-order valence-corrected chi connectivity index (χ0v) is 17.9. The highest BCUT2D eigenvalue weighted by Gasteiger charge is 2.35. The molecule has 1 N–H and O–H groups in total. The number of para-hydroxylation sites is 1. The lowest BCUT2D eigenvalue weighted by Crippen LogP contribution is -2.49. The Kier molecular flexibility index (Phi) is 6.30. The third-order valence-electron chi connectivity index (χ3n) is 4.02. The molecule has 150 valence electrons. The number of nitrogens with zero attached hydrogens (tertiary/aromatic N) is 3. The molecule has 8 heteroatoms. The quantitative estimate of drug-likeness (QED) is 0.649. The first kappa shape index (κ1) is 21.0. The molecule has 3 aromatic rings. The second-order valence-corrected chi connectivity index (χ2v) is 8.54. The van der Waals surface area contributed by atoms with Crippen molar-refractivity contribution in [3.63, 3.8) is 0 Å². The molecular formula is C21H21ClN4O2S. The van der Waals surface area contributed by atoms with E-state index >= 15 is 0 Å².